The molecule has 5 nitrogen and oxygen atoms in total. The second kappa shape index (κ2) is 7.36. The molecule has 0 atom stereocenters. The number of aliphatic imine (C=N–C) groups is 1. The number of hydrogen-bond donors (Lipinski definition) is 1. The van der Waals surface area contributed by atoms with Crippen molar-refractivity contribution in [3.8, 4) is 0 Å². The Balaban J connectivity index is 2.06. The van der Waals surface area contributed by atoms with Gasteiger partial charge >= 0.3 is 0 Å². The summed E-state index contributed by atoms with van der Waals surface area (Å²) >= 11 is 3.50. The Morgan fingerprint density at radius 3 is 2.90 bits per heavy atom. The molecule has 1 N–H and O–H groups in total. The van der Waals surface area contributed by atoms with Gasteiger partial charge in [0.15, 0.2) is 5.96 Å². The maximum absolute atomic E-state index is 5.32. The monoisotopic (exact) mass is 352 g/mol. The molecule has 2 heterocycles. The molecule has 21 heavy (non-hydrogen) atoms. The zero-order chi connectivity index (χ0) is 15.2. The van der Waals surface area contributed by atoms with Gasteiger partial charge in [0.25, 0.3) is 0 Å². The predicted octanol–water partition coefficient (Wildman–Crippen LogP) is 2.98. The van der Waals surface area contributed by atoms with Gasteiger partial charge in [-0.25, -0.2) is 4.99 Å². The van der Waals surface area contributed by atoms with Crippen LogP contribution in [-0.2, 0) is 20.1 Å². The van der Waals surface area contributed by atoms with Crippen LogP contribution in [0.5, 0.6) is 0 Å². The summed E-state index contributed by atoms with van der Waals surface area (Å²) in [5.41, 5.74) is 1.22. The van der Waals surface area contributed by atoms with Gasteiger partial charge < -0.3 is 19.2 Å². The molecule has 0 saturated heterocycles. The number of nitrogens with zero attached hydrogens (tertiary/aromatic N) is 3. The van der Waals surface area contributed by atoms with Crippen LogP contribution in [0.25, 0.3) is 0 Å². The van der Waals surface area contributed by atoms with Crippen LogP contribution in [0.4, 0.5) is 0 Å². The minimum atomic E-state index is 0.538. The van der Waals surface area contributed by atoms with Crippen LogP contribution >= 0.6 is 15.9 Å². The Hall–Kier alpha value is -1.69. The lowest BCUT2D eigenvalue weighted by Crippen LogP contribution is -2.38. The number of nitrogens with one attached hydrogen (secondary N) is 1. The van der Waals surface area contributed by atoms with Crippen LogP contribution in [0.2, 0.25) is 0 Å². The summed E-state index contributed by atoms with van der Waals surface area (Å²) < 4.78 is 8.52. The van der Waals surface area contributed by atoms with Crippen molar-refractivity contribution >= 4 is 21.9 Å². The molecule has 0 spiro atoms. The molecule has 0 bridgehead atoms. The lowest BCUT2D eigenvalue weighted by atomic mass is 10.4. The standard InChI is InChI=1S/C15H21BrN4O/c1-4-17-15(18-9-14-6-5-7-21-14)20(3)11-13-8-12(16)10-19(13)2/h5-8,10H,4,9,11H2,1-3H3,(H,17,18). The predicted molar refractivity (Wildman–Crippen MR) is 88.1 cm³/mol. The minimum Gasteiger partial charge on any atom is -0.467 e. The van der Waals surface area contributed by atoms with Gasteiger partial charge in [-0.05, 0) is 41.1 Å². The summed E-state index contributed by atoms with van der Waals surface area (Å²) in [6.45, 7) is 4.22. The van der Waals surface area contributed by atoms with Crippen molar-refractivity contribution in [2.45, 2.75) is 20.0 Å². The van der Waals surface area contributed by atoms with Crippen molar-refractivity contribution in [2.75, 3.05) is 13.6 Å². The van der Waals surface area contributed by atoms with E-state index in [9.17, 15) is 0 Å². The summed E-state index contributed by atoms with van der Waals surface area (Å²) in [6.07, 6.45) is 3.72. The quantitative estimate of drug-likeness (QED) is 0.664. The Morgan fingerprint density at radius 2 is 2.33 bits per heavy atom. The smallest absolute Gasteiger partial charge is 0.194 e. The summed E-state index contributed by atoms with van der Waals surface area (Å²) in [4.78, 5) is 6.71. The molecule has 0 aromatic carbocycles. The molecule has 114 valence electrons. The summed E-state index contributed by atoms with van der Waals surface area (Å²) in [6, 6.07) is 5.93. The van der Waals surface area contributed by atoms with Gasteiger partial charge in [-0.15, -0.1) is 0 Å². The molecule has 0 radical (unpaired) electrons. The van der Waals surface area contributed by atoms with Crippen molar-refractivity contribution in [3.05, 3.63) is 46.6 Å². The lowest BCUT2D eigenvalue weighted by Gasteiger charge is -2.22. The van der Waals surface area contributed by atoms with Gasteiger partial charge in [-0.3, -0.25) is 0 Å². The molecule has 2 aromatic heterocycles. The number of rotatable bonds is 5. The lowest BCUT2D eigenvalue weighted by molar-refractivity contribution is 0.457. The zero-order valence-corrected chi connectivity index (χ0v) is 14.2. The molecule has 0 aliphatic heterocycles. The van der Waals surface area contributed by atoms with E-state index in [0.717, 1.165) is 29.3 Å². The third kappa shape index (κ3) is 4.39. The van der Waals surface area contributed by atoms with Crippen molar-refractivity contribution in [3.63, 3.8) is 0 Å². The highest BCUT2D eigenvalue weighted by atomic mass is 79.9. The van der Waals surface area contributed by atoms with Gasteiger partial charge in [0, 0.05) is 37.0 Å². The van der Waals surface area contributed by atoms with Crippen molar-refractivity contribution < 1.29 is 4.42 Å². The first-order valence-electron chi connectivity index (χ1n) is 6.92. The van der Waals surface area contributed by atoms with Crippen LogP contribution in [-0.4, -0.2) is 29.0 Å². The number of furan rings is 1. The van der Waals surface area contributed by atoms with Crippen molar-refractivity contribution in [1.82, 2.24) is 14.8 Å². The van der Waals surface area contributed by atoms with Crippen molar-refractivity contribution in [2.24, 2.45) is 12.0 Å². The van der Waals surface area contributed by atoms with Crippen LogP contribution in [0.15, 0.2) is 44.5 Å². The fourth-order valence-corrected chi connectivity index (χ4v) is 2.64. The first-order chi connectivity index (χ1) is 10.1. The van der Waals surface area contributed by atoms with E-state index < -0.39 is 0 Å². The van der Waals surface area contributed by atoms with Crippen LogP contribution in [0.1, 0.15) is 18.4 Å². The molecule has 2 rings (SSSR count). The highest BCUT2D eigenvalue weighted by molar-refractivity contribution is 9.10. The van der Waals surface area contributed by atoms with E-state index in [1.165, 1.54) is 5.69 Å². The topological polar surface area (TPSA) is 45.7 Å². The second-order valence-corrected chi connectivity index (χ2v) is 5.78. The molecule has 0 saturated carbocycles. The fraction of sp³-hybridized carbons (Fsp3) is 0.400. The number of aromatic nitrogens is 1. The number of hydrogen-bond acceptors (Lipinski definition) is 2. The van der Waals surface area contributed by atoms with Gasteiger partial charge in [0.2, 0.25) is 0 Å². The largest absolute Gasteiger partial charge is 0.467 e. The summed E-state index contributed by atoms with van der Waals surface area (Å²) in [5.74, 6) is 1.73. The van der Waals surface area contributed by atoms with Gasteiger partial charge in [-0.2, -0.15) is 0 Å². The third-order valence-electron chi connectivity index (χ3n) is 3.13. The third-order valence-corrected chi connectivity index (χ3v) is 3.57. The molecular formula is C15H21BrN4O. The Morgan fingerprint density at radius 1 is 1.52 bits per heavy atom. The van der Waals surface area contributed by atoms with Crippen LogP contribution in [0, 0.1) is 0 Å². The molecule has 0 amide bonds. The Labute approximate surface area is 133 Å². The second-order valence-electron chi connectivity index (χ2n) is 4.87. The highest BCUT2D eigenvalue weighted by Crippen LogP contribution is 2.15. The highest BCUT2D eigenvalue weighted by Gasteiger charge is 2.09. The molecule has 6 heteroatoms. The van der Waals surface area contributed by atoms with E-state index in [0.29, 0.717) is 6.54 Å². The maximum atomic E-state index is 5.32. The van der Waals surface area contributed by atoms with Crippen LogP contribution < -0.4 is 5.32 Å². The molecule has 2 aromatic rings. The number of guanidine groups is 1. The van der Waals surface area contributed by atoms with Gasteiger partial charge in [-0.1, -0.05) is 0 Å². The van der Waals surface area contributed by atoms with E-state index in [1.54, 1.807) is 6.26 Å². The SMILES string of the molecule is CCNC(=NCc1ccco1)N(C)Cc1cc(Br)cn1C. The average Bonchev–Trinajstić information content (AvgIpc) is 3.05. The Kier molecular flexibility index (Phi) is 5.50. The minimum absolute atomic E-state index is 0.538. The fourth-order valence-electron chi connectivity index (χ4n) is 2.07. The summed E-state index contributed by atoms with van der Waals surface area (Å²) in [7, 11) is 4.07. The molecule has 0 fully saturated rings. The first kappa shape index (κ1) is 15.7. The van der Waals surface area contributed by atoms with E-state index >= 15 is 0 Å². The van der Waals surface area contributed by atoms with E-state index in [-0.39, 0.29) is 0 Å². The van der Waals surface area contributed by atoms with E-state index in [4.69, 9.17) is 4.42 Å². The zero-order valence-electron chi connectivity index (χ0n) is 12.6. The Bertz CT molecular complexity index is 589. The van der Waals surface area contributed by atoms with Gasteiger partial charge in [0.05, 0.1) is 12.8 Å². The van der Waals surface area contributed by atoms with E-state index in [2.05, 4.69) is 54.9 Å². The normalized spacial score (nSPS) is 11.7. The number of aryl methyl sites for hydroxylation is 1. The maximum Gasteiger partial charge on any atom is 0.194 e. The summed E-state index contributed by atoms with van der Waals surface area (Å²) in [5, 5.41) is 3.30. The van der Waals surface area contributed by atoms with Crippen molar-refractivity contribution in [1.29, 1.82) is 0 Å². The average molecular weight is 353 g/mol. The first-order valence-corrected chi connectivity index (χ1v) is 7.72. The molecule has 0 unspecified atom stereocenters. The molecule has 0 aliphatic carbocycles. The number of halogens is 1. The van der Waals surface area contributed by atoms with Crippen LogP contribution in [0.3, 0.4) is 0 Å². The van der Waals surface area contributed by atoms with E-state index in [1.807, 2.05) is 26.2 Å². The molecular weight excluding hydrogens is 332 g/mol. The molecule has 0 aliphatic rings. The van der Waals surface area contributed by atoms with Gasteiger partial charge in [0.1, 0.15) is 12.3 Å².